The average Bonchev–Trinajstić information content (AvgIpc) is 2.86. The van der Waals surface area contributed by atoms with Crippen LogP contribution in [0.15, 0.2) is 24.3 Å². The van der Waals surface area contributed by atoms with Gasteiger partial charge in [0, 0.05) is 31.7 Å². The van der Waals surface area contributed by atoms with E-state index in [2.05, 4.69) is 6.92 Å². The second-order valence-corrected chi connectivity index (χ2v) is 8.50. The van der Waals surface area contributed by atoms with Crippen LogP contribution in [0.1, 0.15) is 49.0 Å². The highest BCUT2D eigenvalue weighted by atomic mass is 32.2. The number of rotatable bonds is 6. The standard InChI is InChI=1S/C18H28N2O3S/c1-3-5-7-16-8-10-17(11-9-16)18(21)19-12-6-13-20(15-14-19)24(22,23)4-2/h8-11H,3-7,12-15H2,1-2H3. The fraction of sp³-hybridized carbons (Fsp3) is 0.611. The van der Waals surface area contributed by atoms with Gasteiger partial charge in [-0.25, -0.2) is 12.7 Å². The molecule has 0 radical (unpaired) electrons. The Morgan fingerprint density at radius 1 is 1.04 bits per heavy atom. The summed E-state index contributed by atoms with van der Waals surface area (Å²) in [4.78, 5) is 14.4. The normalized spacial score (nSPS) is 16.8. The van der Waals surface area contributed by atoms with Gasteiger partial charge in [0.2, 0.25) is 10.0 Å². The van der Waals surface area contributed by atoms with Crippen LogP contribution in [0.25, 0.3) is 0 Å². The number of aryl methyl sites for hydroxylation is 1. The molecule has 0 aromatic heterocycles. The number of amides is 1. The van der Waals surface area contributed by atoms with Crippen LogP contribution in [0.5, 0.6) is 0 Å². The SMILES string of the molecule is CCCCc1ccc(C(=O)N2CCCN(S(=O)(=O)CC)CC2)cc1. The summed E-state index contributed by atoms with van der Waals surface area (Å²) < 4.78 is 25.5. The highest BCUT2D eigenvalue weighted by Gasteiger charge is 2.25. The van der Waals surface area contributed by atoms with Gasteiger partial charge >= 0.3 is 0 Å². The lowest BCUT2D eigenvalue weighted by atomic mass is 10.1. The fourth-order valence-corrected chi connectivity index (χ4v) is 4.07. The number of hydrogen-bond acceptors (Lipinski definition) is 3. The van der Waals surface area contributed by atoms with Gasteiger partial charge in [-0.1, -0.05) is 25.5 Å². The molecule has 134 valence electrons. The molecule has 1 saturated heterocycles. The van der Waals surface area contributed by atoms with E-state index in [0.29, 0.717) is 38.2 Å². The van der Waals surface area contributed by atoms with Gasteiger partial charge in [-0.2, -0.15) is 0 Å². The zero-order valence-corrected chi connectivity index (χ0v) is 15.5. The quantitative estimate of drug-likeness (QED) is 0.790. The van der Waals surface area contributed by atoms with Crippen molar-refractivity contribution >= 4 is 15.9 Å². The maximum absolute atomic E-state index is 12.7. The van der Waals surface area contributed by atoms with Crippen molar-refractivity contribution in [1.29, 1.82) is 0 Å². The number of sulfonamides is 1. The molecule has 0 unspecified atom stereocenters. The maximum Gasteiger partial charge on any atom is 0.253 e. The maximum atomic E-state index is 12.7. The number of benzene rings is 1. The van der Waals surface area contributed by atoms with Gasteiger partial charge in [0.25, 0.3) is 5.91 Å². The molecular weight excluding hydrogens is 324 g/mol. The first-order valence-electron chi connectivity index (χ1n) is 8.84. The lowest BCUT2D eigenvalue weighted by molar-refractivity contribution is 0.0764. The first-order chi connectivity index (χ1) is 11.5. The molecule has 6 heteroatoms. The molecule has 1 aliphatic rings. The van der Waals surface area contributed by atoms with Crippen molar-refractivity contribution in [2.75, 3.05) is 31.9 Å². The molecule has 0 spiro atoms. The summed E-state index contributed by atoms with van der Waals surface area (Å²) in [5.41, 5.74) is 1.94. The smallest absolute Gasteiger partial charge is 0.253 e. The van der Waals surface area contributed by atoms with E-state index in [-0.39, 0.29) is 11.7 Å². The van der Waals surface area contributed by atoms with Crippen LogP contribution in [0, 0.1) is 0 Å². The number of carbonyl (C=O) groups is 1. The molecule has 0 atom stereocenters. The Labute approximate surface area is 145 Å². The third-order valence-corrected chi connectivity index (χ3v) is 6.40. The average molecular weight is 353 g/mol. The van der Waals surface area contributed by atoms with Crippen molar-refractivity contribution < 1.29 is 13.2 Å². The number of carbonyl (C=O) groups excluding carboxylic acids is 1. The summed E-state index contributed by atoms with van der Waals surface area (Å²) in [6.45, 7) is 5.76. The lowest BCUT2D eigenvalue weighted by Crippen LogP contribution is -2.37. The van der Waals surface area contributed by atoms with Crippen molar-refractivity contribution in [2.45, 2.75) is 39.5 Å². The summed E-state index contributed by atoms with van der Waals surface area (Å²) in [7, 11) is -3.18. The van der Waals surface area contributed by atoms with Crippen LogP contribution in [0.2, 0.25) is 0 Å². The Kier molecular flexibility index (Phi) is 6.80. The monoisotopic (exact) mass is 352 g/mol. The van der Waals surface area contributed by atoms with Gasteiger partial charge in [-0.15, -0.1) is 0 Å². The highest BCUT2D eigenvalue weighted by Crippen LogP contribution is 2.14. The zero-order valence-electron chi connectivity index (χ0n) is 14.7. The molecule has 0 N–H and O–H groups in total. The van der Waals surface area contributed by atoms with Gasteiger partial charge in [-0.05, 0) is 43.9 Å². The van der Waals surface area contributed by atoms with Crippen LogP contribution in [0.4, 0.5) is 0 Å². The molecule has 24 heavy (non-hydrogen) atoms. The Morgan fingerprint density at radius 2 is 1.75 bits per heavy atom. The van der Waals surface area contributed by atoms with Gasteiger partial charge < -0.3 is 4.90 Å². The van der Waals surface area contributed by atoms with Gasteiger partial charge in [0.1, 0.15) is 0 Å². The molecule has 1 aromatic carbocycles. The van der Waals surface area contributed by atoms with Crippen LogP contribution in [-0.2, 0) is 16.4 Å². The molecule has 5 nitrogen and oxygen atoms in total. The van der Waals surface area contributed by atoms with Crippen LogP contribution < -0.4 is 0 Å². The molecule has 1 amide bonds. The molecule has 1 fully saturated rings. The molecule has 0 saturated carbocycles. The summed E-state index contributed by atoms with van der Waals surface area (Å²) in [5.74, 6) is 0.105. The highest BCUT2D eigenvalue weighted by molar-refractivity contribution is 7.89. The van der Waals surface area contributed by atoms with E-state index in [4.69, 9.17) is 0 Å². The topological polar surface area (TPSA) is 57.7 Å². The van der Waals surface area contributed by atoms with Crippen LogP contribution in [0.3, 0.4) is 0 Å². The Hall–Kier alpha value is -1.40. The third kappa shape index (κ3) is 4.80. The third-order valence-electron chi connectivity index (χ3n) is 4.52. The number of nitrogens with zero attached hydrogens (tertiary/aromatic N) is 2. The van der Waals surface area contributed by atoms with Crippen LogP contribution in [-0.4, -0.2) is 55.5 Å². The largest absolute Gasteiger partial charge is 0.337 e. The number of hydrogen-bond donors (Lipinski definition) is 0. The van der Waals surface area contributed by atoms with E-state index >= 15 is 0 Å². The second-order valence-electron chi connectivity index (χ2n) is 6.25. The molecular formula is C18H28N2O3S. The fourth-order valence-electron chi connectivity index (χ4n) is 2.94. The molecule has 2 rings (SSSR count). The summed E-state index contributed by atoms with van der Waals surface area (Å²) in [6, 6.07) is 7.82. The van der Waals surface area contributed by atoms with Gasteiger partial charge in [-0.3, -0.25) is 4.79 Å². The minimum absolute atomic E-state index is 0.00668. The lowest BCUT2D eigenvalue weighted by Gasteiger charge is -2.21. The molecule has 0 aliphatic carbocycles. The molecule has 1 aromatic rings. The Balaban J connectivity index is 2.00. The van der Waals surface area contributed by atoms with E-state index in [1.54, 1.807) is 11.8 Å². The summed E-state index contributed by atoms with van der Waals surface area (Å²) >= 11 is 0. The predicted molar refractivity (Wildman–Crippen MR) is 96.6 cm³/mol. The van der Waals surface area contributed by atoms with E-state index in [1.165, 1.54) is 9.87 Å². The van der Waals surface area contributed by atoms with E-state index in [1.807, 2.05) is 24.3 Å². The summed E-state index contributed by atoms with van der Waals surface area (Å²) in [6.07, 6.45) is 4.03. The van der Waals surface area contributed by atoms with Gasteiger partial charge in [0.05, 0.1) is 5.75 Å². The Morgan fingerprint density at radius 3 is 2.38 bits per heavy atom. The van der Waals surface area contributed by atoms with Crippen molar-refractivity contribution in [3.05, 3.63) is 35.4 Å². The van der Waals surface area contributed by atoms with E-state index in [9.17, 15) is 13.2 Å². The van der Waals surface area contributed by atoms with Crippen molar-refractivity contribution in [1.82, 2.24) is 9.21 Å². The number of unbranched alkanes of at least 4 members (excludes halogenated alkanes) is 1. The van der Waals surface area contributed by atoms with Crippen molar-refractivity contribution in [3.63, 3.8) is 0 Å². The van der Waals surface area contributed by atoms with Crippen molar-refractivity contribution in [2.24, 2.45) is 0 Å². The van der Waals surface area contributed by atoms with E-state index < -0.39 is 10.0 Å². The molecule has 0 bridgehead atoms. The van der Waals surface area contributed by atoms with Crippen molar-refractivity contribution in [3.8, 4) is 0 Å². The van der Waals surface area contributed by atoms with E-state index in [0.717, 1.165) is 19.3 Å². The minimum Gasteiger partial charge on any atom is -0.337 e. The summed E-state index contributed by atoms with van der Waals surface area (Å²) in [5, 5.41) is 0. The first kappa shape index (κ1) is 18.9. The Bertz CT molecular complexity index is 641. The first-order valence-corrected chi connectivity index (χ1v) is 10.4. The minimum atomic E-state index is -3.18. The molecule has 1 heterocycles. The molecule has 1 aliphatic heterocycles. The zero-order chi connectivity index (χ0) is 17.6. The predicted octanol–water partition coefficient (Wildman–Crippen LogP) is 2.53. The van der Waals surface area contributed by atoms with Gasteiger partial charge in [0.15, 0.2) is 0 Å². The second kappa shape index (κ2) is 8.62. The van der Waals surface area contributed by atoms with Crippen LogP contribution >= 0.6 is 0 Å².